The van der Waals surface area contributed by atoms with Crippen molar-refractivity contribution >= 4 is 12.1 Å². The third-order valence-corrected chi connectivity index (χ3v) is 1.61. The fourth-order valence-corrected chi connectivity index (χ4v) is 0.873. The van der Waals surface area contributed by atoms with E-state index in [0.717, 1.165) is 0 Å². The van der Waals surface area contributed by atoms with Crippen molar-refractivity contribution in [2.45, 2.75) is 26.4 Å². The first kappa shape index (κ1) is 14.7. The number of ether oxygens (including phenoxy) is 1. The second kappa shape index (κ2) is 6.32. The van der Waals surface area contributed by atoms with Crippen LogP contribution in [0.4, 0.5) is 4.79 Å². The molecule has 0 aliphatic rings. The molecule has 0 saturated heterocycles. The lowest BCUT2D eigenvalue weighted by Crippen LogP contribution is -2.38. The largest absolute Gasteiger partial charge is 0.480 e. The van der Waals surface area contributed by atoms with E-state index in [1.807, 2.05) is 0 Å². The summed E-state index contributed by atoms with van der Waals surface area (Å²) in [6, 6.07) is 0. The van der Waals surface area contributed by atoms with Crippen molar-refractivity contribution in [1.29, 1.82) is 0 Å². The molecule has 0 rings (SSSR count). The highest BCUT2D eigenvalue weighted by Gasteiger charge is 2.18. The van der Waals surface area contributed by atoms with E-state index in [2.05, 4.69) is 5.32 Å². The van der Waals surface area contributed by atoms with Gasteiger partial charge in [0.2, 0.25) is 0 Å². The average Bonchev–Trinajstić information content (AvgIpc) is 2.08. The van der Waals surface area contributed by atoms with Gasteiger partial charge in [-0.05, 0) is 20.8 Å². The molecule has 0 fully saturated rings. The molecule has 2 N–H and O–H groups in total. The summed E-state index contributed by atoms with van der Waals surface area (Å²) in [5.41, 5.74) is -0.514. The summed E-state index contributed by atoms with van der Waals surface area (Å²) in [5.74, 6) is -0.917. The van der Waals surface area contributed by atoms with E-state index < -0.39 is 17.7 Å². The monoisotopic (exact) mass is 232 g/mol. The lowest BCUT2D eigenvalue weighted by molar-refractivity contribution is -0.135. The van der Waals surface area contributed by atoms with Crippen LogP contribution in [-0.4, -0.2) is 54.4 Å². The molecule has 0 aromatic carbocycles. The highest BCUT2D eigenvalue weighted by molar-refractivity contribution is 5.69. The van der Waals surface area contributed by atoms with Crippen LogP contribution in [0.3, 0.4) is 0 Å². The SMILES string of the molecule is CN(CCNCC(=O)O)C(=O)OC(C)(C)C. The van der Waals surface area contributed by atoms with Gasteiger partial charge >= 0.3 is 12.1 Å². The number of hydrogen-bond acceptors (Lipinski definition) is 4. The Bertz CT molecular complexity index is 248. The zero-order chi connectivity index (χ0) is 12.8. The number of likely N-dealkylation sites (N-methyl/N-ethyl adjacent to an activating group) is 1. The van der Waals surface area contributed by atoms with E-state index in [1.165, 1.54) is 4.90 Å². The van der Waals surface area contributed by atoms with Crippen molar-refractivity contribution < 1.29 is 19.4 Å². The second-order valence-electron chi connectivity index (χ2n) is 4.47. The Balaban J connectivity index is 3.76. The van der Waals surface area contributed by atoms with Gasteiger partial charge in [0.1, 0.15) is 5.60 Å². The lowest BCUT2D eigenvalue weighted by Gasteiger charge is -2.24. The average molecular weight is 232 g/mol. The first-order chi connectivity index (χ1) is 7.22. The Morgan fingerprint density at radius 1 is 1.38 bits per heavy atom. The topological polar surface area (TPSA) is 78.9 Å². The normalized spacial score (nSPS) is 11.0. The van der Waals surface area contributed by atoms with Gasteiger partial charge in [0.25, 0.3) is 0 Å². The van der Waals surface area contributed by atoms with Crippen molar-refractivity contribution in [3.63, 3.8) is 0 Å². The van der Waals surface area contributed by atoms with Crippen LogP contribution < -0.4 is 5.32 Å². The van der Waals surface area contributed by atoms with Crippen LogP contribution in [0.1, 0.15) is 20.8 Å². The molecular formula is C10H20N2O4. The maximum absolute atomic E-state index is 11.4. The Morgan fingerprint density at radius 2 is 1.94 bits per heavy atom. The summed E-state index contributed by atoms with van der Waals surface area (Å²) in [6.07, 6.45) is -0.412. The molecule has 0 aliphatic heterocycles. The van der Waals surface area contributed by atoms with E-state index >= 15 is 0 Å². The number of carboxylic acid groups (broad SMARTS) is 1. The third kappa shape index (κ3) is 8.05. The van der Waals surface area contributed by atoms with Gasteiger partial charge in [0.05, 0.1) is 6.54 Å². The number of amides is 1. The lowest BCUT2D eigenvalue weighted by atomic mass is 10.2. The third-order valence-electron chi connectivity index (χ3n) is 1.61. The first-order valence-electron chi connectivity index (χ1n) is 5.09. The van der Waals surface area contributed by atoms with Crippen LogP contribution in [0, 0.1) is 0 Å². The minimum absolute atomic E-state index is 0.109. The second-order valence-corrected chi connectivity index (χ2v) is 4.47. The van der Waals surface area contributed by atoms with Crippen LogP contribution in [0.5, 0.6) is 0 Å². The molecule has 1 amide bonds. The quantitative estimate of drug-likeness (QED) is 0.676. The Kier molecular flexibility index (Phi) is 5.81. The molecule has 94 valence electrons. The predicted octanol–water partition coefficient (Wildman–Crippen LogP) is 0.527. The van der Waals surface area contributed by atoms with Gasteiger partial charge in [-0.1, -0.05) is 0 Å². The smallest absolute Gasteiger partial charge is 0.410 e. The van der Waals surface area contributed by atoms with Gasteiger partial charge in [-0.2, -0.15) is 0 Å². The zero-order valence-corrected chi connectivity index (χ0v) is 10.2. The molecule has 0 radical (unpaired) electrons. The van der Waals surface area contributed by atoms with Crippen molar-refractivity contribution in [2.24, 2.45) is 0 Å². The van der Waals surface area contributed by atoms with Crippen LogP contribution in [0.25, 0.3) is 0 Å². The standard InChI is InChI=1S/C10H20N2O4/c1-10(2,3)16-9(15)12(4)6-5-11-7-8(13)14/h11H,5-7H2,1-4H3,(H,13,14). The molecule has 0 aromatic heterocycles. The number of nitrogens with one attached hydrogen (secondary N) is 1. The molecule has 6 heteroatoms. The van der Waals surface area contributed by atoms with Gasteiger partial charge in [0, 0.05) is 20.1 Å². The highest BCUT2D eigenvalue weighted by Crippen LogP contribution is 2.08. The van der Waals surface area contributed by atoms with Crippen LogP contribution in [0.15, 0.2) is 0 Å². The molecule has 0 bridgehead atoms. The number of carbonyl (C=O) groups is 2. The molecule has 0 unspecified atom stereocenters. The summed E-state index contributed by atoms with van der Waals surface area (Å²) >= 11 is 0. The Hall–Kier alpha value is -1.30. The van der Waals surface area contributed by atoms with Crippen LogP contribution in [0.2, 0.25) is 0 Å². The molecular weight excluding hydrogens is 212 g/mol. The summed E-state index contributed by atoms with van der Waals surface area (Å²) in [6.45, 7) is 6.09. The molecule has 0 aliphatic carbocycles. The van der Waals surface area contributed by atoms with Gasteiger partial charge < -0.3 is 20.1 Å². The Morgan fingerprint density at radius 3 is 2.38 bits per heavy atom. The number of aliphatic carboxylic acids is 1. The minimum Gasteiger partial charge on any atom is -0.480 e. The van der Waals surface area contributed by atoms with E-state index in [9.17, 15) is 9.59 Å². The number of hydrogen-bond donors (Lipinski definition) is 2. The first-order valence-corrected chi connectivity index (χ1v) is 5.09. The Labute approximate surface area is 95.6 Å². The van der Waals surface area contributed by atoms with E-state index in [0.29, 0.717) is 13.1 Å². The minimum atomic E-state index is -0.917. The maximum Gasteiger partial charge on any atom is 0.410 e. The molecule has 6 nitrogen and oxygen atoms in total. The fourth-order valence-electron chi connectivity index (χ4n) is 0.873. The number of nitrogens with zero attached hydrogens (tertiary/aromatic N) is 1. The molecule has 16 heavy (non-hydrogen) atoms. The van der Waals surface area contributed by atoms with E-state index in [-0.39, 0.29) is 6.54 Å². The van der Waals surface area contributed by atoms with E-state index in [4.69, 9.17) is 9.84 Å². The van der Waals surface area contributed by atoms with Gasteiger partial charge in [-0.25, -0.2) is 4.79 Å². The van der Waals surface area contributed by atoms with Crippen molar-refractivity contribution in [2.75, 3.05) is 26.7 Å². The molecule has 0 spiro atoms. The number of rotatable bonds is 5. The van der Waals surface area contributed by atoms with Crippen molar-refractivity contribution in [1.82, 2.24) is 10.2 Å². The summed E-state index contributed by atoms with van der Waals surface area (Å²) in [7, 11) is 1.61. The fraction of sp³-hybridized carbons (Fsp3) is 0.800. The summed E-state index contributed by atoms with van der Waals surface area (Å²) < 4.78 is 5.12. The van der Waals surface area contributed by atoms with Gasteiger partial charge in [-0.3, -0.25) is 4.79 Å². The molecule has 0 saturated carbocycles. The van der Waals surface area contributed by atoms with Crippen molar-refractivity contribution in [3.8, 4) is 0 Å². The van der Waals surface area contributed by atoms with Gasteiger partial charge in [-0.15, -0.1) is 0 Å². The molecule has 0 aromatic rings. The summed E-state index contributed by atoms with van der Waals surface area (Å²) in [4.78, 5) is 23.0. The number of carbonyl (C=O) groups excluding carboxylic acids is 1. The van der Waals surface area contributed by atoms with Crippen LogP contribution in [-0.2, 0) is 9.53 Å². The predicted molar refractivity (Wildman–Crippen MR) is 59.4 cm³/mol. The molecule has 0 heterocycles. The van der Waals surface area contributed by atoms with Crippen LogP contribution >= 0.6 is 0 Å². The summed E-state index contributed by atoms with van der Waals surface area (Å²) in [5, 5.41) is 11.1. The zero-order valence-electron chi connectivity index (χ0n) is 10.2. The van der Waals surface area contributed by atoms with Gasteiger partial charge in [0.15, 0.2) is 0 Å². The van der Waals surface area contributed by atoms with Crippen molar-refractivity contribution in [3.05, 3.63) is 0 Å². The maximum atomic E-state index is 11.4. The van der Waals surface area contributed by atoms with E-state index in [1.54, 1.807) is 27.8 Å². The number of carboxylic acids is 1. The molecule has 0 atom stereocenters. The highest BCUT2D eigenvalue weighted by atomic mass is 16.6.